The van der Waals surface area contributed by atoms with Crippen LogP contribution >= 0.6 is 0 Å². The zero-order valence-corrected chi connectivity index (χ0v) is 21.8. The van der Waals surface area contributed by atoms with Crippen molar-refractivity contribution in [2.75, 3.05) is 10.5 Å². The molecule has 4 aromatic carbocycles. The van der Waals surface area contributed by atoms with Crippen molar-refractivity contribution in [1.82, 2.24) is 4.90 Å². The van der Waals surface area contributed by atoms with Crippen molar-refractivity contribution in [1.29, 1.82) is 0 Å². The van der Waals surface area contributed by atoms with Crippen LogP contribution in [0.4, 0.5) is 11.4 Å². The Balaban J connectivity index is 1.49. The molecule has 190 valence electrons. The number of nitrogens with one attached hydrogen (secondary N) is 2. The maximum absolute atomic E-state index is 11.8. The van der Waals surface area contributed by atoms with Gasteiger partial charge >= 0.3 is 6.98 Å². The summed E-state index contributed by atoms with van der Waals surface area (Å²) in [6.45, 7) is 3.62. The molecule has 5 heteroatoms. The monoisotopic (exact) mass is 491 g/mol. The average molecular weight is 491 g/mol. The summed E-state index contributed by atoms with van der Waals surface area (Å²) in [5, 5.41) is 21.8. The second-order valence-electron chi connectivity index (χ2n) is 10.3. The van der Waals surface area contributed by atoms with E-state index in [-0.39, 0.29) is 12.9 Å². The molecule has 0 saturated carbocycles. The van der Waals surface area contributed by atoms with Crippen LogP contribution in [-0.2, 0) is 13.1 Å². The summed E-state index contributed by atoms with van der Waals surface area (Å²) in [4.78, 5) is 2.45. The van der Waals surface area contributed by atoms with Crippen LogP contribution in [0.15, 0.2) is 97.1 Å². The summed E-state index contributed by atoms with van der Waals surface area (Å²) in [5.74, 6) is -0.134. The molecule has 37 heavy (non-hydrogen) atoms. The van der Waals surface area contributed by atoms with Gasteiger partial charge in [0, 0.05) is 29.9 Å². The van der Waals surface area contributed by atoms with Crippen molar-refractivity contribution < 1.29 is 5.11 Å². The minimum atomic E-state index is -0.473. The summed E-state index contributed by atoms with van der Waals surface area (Å²) >= 11 is 0. The second-order valence-corrected chi connectivity index (χ2v) is 10.3. The molecule has 0 spiro atoms. The van der Waals surface area contributed by atoms with Crippen molar-refractivity contribution in [3.63, 3.8) is 0 Å². The third-order valence-electron chi connectivity index (χ3n) is 7.49. The fraction of sp³-hybridized carbons (Fsp3) is 0.312. The summed E-state index contributed by atoms with van der Waals surface area (Å²) in [6, 6.07) is 34.1. The molecule has 1 heterocycles. The molecule has 0 unspecified atom stereocenters. The highest BCUT2D eigenvalue weighted by Gasteiger charge is 2.40. The largest absolute Gasteiger partial charge is 0.408 e. The SMILES string of the molecule is CCCCCC[C@H](O)[C@H](B1Nc2cccc3cccc(c23)N1)N(Cc1ccccc1)Cc1ccccc1. The lowest BCUT2D eigenvalue weighted by Crippen LogP contribution is -2.60. The van der Waals surface area contributed by atoms with Gasteiger partial charge in [-0.3, -0.25) is 4.90 Å². The fourth-order valence-electron chi connectivity index (χ4n) is 5.65. The highest BCUT2D eigenvalue weighted by molar-refractivity contribution is 6.69. The van der Waals surface area contributed by atoms with E-state index in [0.29, 0.717) is 0 Å². The first-order valence-corrected chi connectivity index (χ1v) is 13.8. The number of anilines is 2. The smallest absolute Gasteiger partial charge is 0.391 e. The Morgan fingerprint density at radius 3 is 1.81 bits per heavy atom. The van der Waals surface area contributed by atoms with Crippen LogP contribution in [0.5, 0.6) is 0 Å². The number of nitrogens with zero attached hydrogens (tertiary/aromatic N) is 1. The molecular formula is C32H38BN3O. The van der Waals surface area contributed by atoms with Crippen LogP contribution in [0, 0.1) is 0 Å². The van der Waals surface area contributed by atoms with E-state index in [4.69, 9.17) is 0 Å². The van der Waals surface area contributed by atoms with E-state index in [0.717, 1.165) is 43.7 Å². The van der Waals surface area contributed by atoms with Crippen molar-refractivity contribution in [2.45, 2.75) is 64.2 Å². The standard InChI is InChI=1S/C32H38BN3O/c1-2-3-4-11-22-30(37)32(33-34-28-20-12-18-27-19-13-21-29(35-33)31(27)28)36(23-25-14-7-5-8-15-25)24-26-16-9-6-10-17-26/h5-10,12-21,30,32,34-35,37H,2-4,11,22-24H2,1H3/t30-,32+/m0/s1. The predicted molar refractivity (Wildman–Crippen MR) is 158 cm³/mol. The molecule has 3 N–H and O–H groups in total. The van der Waals surface area contributed by atoms with E-state index >= 15 is 0 Å². The molecule has 0 amide bonds. The van der Waals surface area contributed by atoms with E-state index in [2.05, 4.69) is 119 Å². The Kier molecular flexibility index (Phi) is 8.44. The van der Waals surface area contributed by atoms with Gasteiger partial charge in [-0.15, -0.1) is 0 Å². The molecule has 5 rings (SSSR count). The van der Waals surface area contributed by atoms with Gasteiger partial charge in [0.2, 0.25) is 0 Å². The quantitative estimate of drug-likeness (QED) is 0.146. The Bertz CT molecular complexity index is 1180. The molecule has 0 aromatic heterocycles. The van der Waals surface area contributed by atoms with E-state index in [1.165, 1.54) is 34.7 Å². The minimum Gasteiger partial charge on any atom is -0.408 e. The van der Waals surface area contributed by atoms with Crippen LogP contribution in [0.2, 0.25) is 0 Å². The highest BCUT2D eigenvalue weighted by Crippen LogP contribution is 2.35. The van der Waals surface area contributed by atoms with Gasteiger partial charge in [0.15, 0.2) is 0 Å². The van der Waals surface area contributed by atoms with Gasteiger partial charge in [-0.05, 0) is 35.1 Å². The molecule has 0 aliphatic carbocycles. The van der Waals surface area contributed by atoms with E-state index in [1.807, 2.05) is 0 Å². The van der Waals surface area contributed by atoms with E-state index in [1.54, 1.807) is 0 Å². The molecule has 0 saturated heterocycles. The van der Waals surface area contributed by atoms with Crippen molar-refractivity contribution >= 4 is 29.1 Å². The topological polar surface area (TPSA) is 47.5 Å². The first kappa shape index (κ1) is 25.4. The zero-order chi connectivity index (χ0) is 25.5. The molecular weight excluding hydrogens is 453 g/mol. The van der Waals surface area contributed by atoms with Gasteiger partial charge in [-0.1, -0.05) is 118 Å². The Hall–Kier alpha value is -3.28. The number of hydrogen-bond acceptors (Lipinski definition) is 4. The number of benzene rings is 4. The maximum atomic E-state index is 11.8. The number of hydrogen-bond donors (Lipinski definition) is 3. The Morgan fingerprint density at radius 2 is 1.27 bits per heavy atom. The molecule has 4 aromatic rings. The fourth-order valence-corrected chi connectivity index (χ4v) is 5.65. The van der Waals surface area contributed by atoms with Gasteiger partial charge in [-0.2, -0.15) is 0 Å². The number of rotatable bonds is 12. The van der Waals surface area contributed by atoms with Gasteiger partial charge in [0.05, 0.1) is 12.0 Å². The van der Waals surface area contributed by atoms with Crippen LogP contribution in [0.25, 0.3) is 10.8 Å². The van der Waals surface area contributed by atoms with Gasteiger partial charge in [-0.25, -0.2) is 0 Å². The lowest BCUT2D eigenvalue weighted by molar-refractivity contribution is 0.0698. The van der Waals surface area contributed by atoms with Crippen molar-refractivity contribution in [3.8, 4) is 0 Å². The first-order valence-electron chi connectivity index (χ1n) is 13.8. The van der Waals surface area contributed by atoms with Gasteiger partial charge in [0.25, 0.3) is 0 Å². The van der Waals surface area contributed by atoms with Crippen LogP contribution < -0.4 is 10.5 Å². The molecule has 1 aliphatic heterocycles. The molecule has 0 bridgehead atoms. The second kappa shape index (κ2) is 12.3. The highest BCUT2D eigenvalue weighted by atomic mass is 16.3. The lowest BCUT2D eigenvalue weighted by Gasteiger charge is -2.41. The Morgan fingerprint density at radius 1 is 0.703 bits per heavy atom. The summed E-state index contributed by atoms with van der Waals surface area (Å²) < 4.78 is 0. The summed E-state index contributed by atoms with van der Waals surface area (Å²) in [6.07, 6.45) is 4.92. The van der Waals surface area contributed by atoms with E-state index < -0.39 is 6.10 Å². The van der Waals surface area contributed by atoms with Crippen LogP contribution in [0.1, 0.15) is 50.2 Å². The number of unbranched alkanes of at least 4 members (excludes halogenated alkanes) is 3. The first-order chi connectivity index (χ1) is 18.2. The van der Waals surface area contributed by atoms with Gasteiger partial charge < -0.3 is 15.6 Å². The number of aliphatic hydroxyl groups is 1. The zero-order valence-electron chi connectivity index (χ0n) is 21.8. The third kappa shape index (κ3) is 6.18. The van der Waals surface area contributed by atoms with Crippen LogP contribution in [0.3, 0.4) is 0 Å². The minimum absolute atomic E-state index is 0.130. The van der Waals surface area contributed by atoms with Crippen molar-refractivity contribution in [3.05, 3.63) is 108 Å². The van der Waals surface area contributed by atoms with Gasteiger partial charge in [0.1, 0.15) is 0 Å². The average Bonchev–Trinajstić information content (AvgIpc) is 2.93. The number of aliphatic hydroxyl groups excluding tert-OH is 1. The third-order valence-corrected chi connectivity index (χ3v) is 7.49. The molecule has 4 nitrogen and oxygen atoms in total. The molecule has 0 radical (unpaired) electrons. The molecule has 2 atom stereocenters. The summed E-state index contributed by atoms with van der Waals surface area (Å²) in [7, 11) is 0. The lowest BCUT2D eigenvalue weighted by atomic mass is 9.61. The molecule has 0 fully saturated rings. The summed E-state index contributed by atoms with van der Waals surface area (Å²) in [5.41, 5.74) is 4.75. The van der Waals surface area contributed by atoms with Crippen molar-refractivity contribution in [2.24, 2.45) is 0 Å². The van der Waals surface area contributed by atoms with Crippen LogP contribution in [-0.4, -0.2) is 29.0 Å². The predicted octanol–water partition coefficient (Wildman–Crippen LogP) is 7.11. The normalized spacial score (nSPS) is 14.3. The van der Waals surface area contributed by atoms with E-state index in [9.17, 15) is 5.11 Å². The molecule has 1 aliphatic rings. The Labute approximate surface area is 221 Å². The maximum Gasteiger partial charge on any atom is 0.391 e.